The molecular formula is C29H27F4N3O5. The minimum absolute atomic E-state index is 0.00140. The Morgan fingerprint density at radius 2 is 1.88 bits per heavy atom. The van der Waals surface area contributed by atoms with Crippen LogP contribution in [0.15, 0.2) is 16.9 Å². The number of alkyl halides is 3. The zero-order valence-electron chi connectivity index (χ0n) is 22.5. The first-order valence-electron chi connectivity index (χ1n) is 13.4. The molecule has 0 bridgehead atoms. The highest BCUT2D eigenvalue weighted by Crippen LogP contribution is 2.46. The molecule has 3 aliphatic rings. The first-order chi connectivity index (χ1) is 19.1. The van der Waals surface area contributed by atoms with Crippen LogP contribution in [-0.2, 0) is 34.6 Å². The molecule has 1 aromatic carbocycles. The average Bonchev–Trinajstić information content (AvgIpc) is 3.28. The van der Waals surface area contributed by atoms with Gasteiger partial charge in [-0.05, 0) is 62.3 Å². The Balaban J connectivity index is 1.60. The van der Waals surface area contributed by atoms with E-state index in [1.54, 1.807) is 19.9 Å². The van der Waals surface area contributed by atoms with E-state index in [0.717, 1.165) is 0 Å². The first-order valence-corrected chi connectivity index (χ1v) is 13.4. The van der Waals surface area contributed by atoms with E-state index in [2.05, 4.69) is 10.3 Å². The van der Waals surface area contributed by atoms with Crippen molar-refractivity contribution in [1.82, 2.24) is 14.9 Å². The van der Waals surface area contributed by atoms with E-state index in [-0.39, 0.29) is 61.1 Å². The van der Waals surface area contributed by atoms with Crippen molar-refractivity contribution < 1.29 is 37.4 Å². The lowest BCUT2D eigenvalue weighted by atomic mass is 9.77. The highest BCUT2D eigenvalue weighted by atomic mass is 19.4. The van der Waals surface area contributed by atoms with E-state index in [4.69, 9.17) is 0 Å². The number of carbonyl (C=O) groups excluding carboxylic acids is 2. The molecule has 2 aromatic heterocycles. The molecule has 1 aliphatic heterocycles. The van der Waals surface area contributed by atoms with Crippen molar-refractivity contribution in [3.05, 3.63) is 61.7 Å². The smallest absolute Gasteiger partial charge is 0.377 e. The summed E-state index contributed by atoms with van der Waals surface area (Å²) in [6, 6.07) is 1.76. The van der Waals surface area contributed by atoms with Gasteiger partial charge in [-0.1, -0.05) is 6.92 Å². The number of hydrogen-bond acceptors (Lipinski definition) is 6. The molecule has 0 radical (unpaired) electrons. The number of rotatable bonds is 3. The van der Waals surface area contributed by atoms with Crippen molar-refractivity contribution in [2.24, 2.45) is 0 Å². The quantitative estimate of drug-likeness (QED) is 0.323. The van der Waals surface area contributed by atoms with Crippen molar-refractivity contribution in [2.45, 2.75) is 82.8 Å². The van der Waals surface area contributed by atoms with Crippen LogP contribution in [0.4, 0.5) is 17.6 Å². The lowest BCUT2D eigenvalue weighted by Crippen LogP contribution is -2.55. The number of aromatic nitrogens is 2. The van der Waals surface area contributed by atoms with Crippen molar-refractivity contribution in [3.63, 3.8) is 0 Å². The van der Waals surface area contributed by atoms with Crippen LogP contribution < -0.4 is 10.9 Å². The summed E-state index contributed by atoms with van der Waals surface area (Å²) in [5.74, 6) is -2.57. The molecule has 2 aliphatic carbocycles. The fourth-order valence-electron chi connectivity index (χ4n) is 6.51. The number of ketones is 1. The molecule has 0 spiro atoms. The standard InChI is InChI=1S/C29H27F4N3O5/c1-4-28(41)16-9-20-24-15(11-36(20)25(38)14(16)6-8-21(28)37)23-18(35-26(39)27(3,40)29(31,32)33)7-5-13-12(2)17(30)10-19(34-24)22(13)23/h9-10,18,40-41H,4-8,11H2,1-3H3,(H,35,39)/t18-,27-,28-/m0/s1. The van der Waals surface area contributed by atoms with Gasteiger partial charge >= 0.3 is 6.18 Å². The third-order valence-corrected chi connectivity index (χ3v) is 9.06. The van der Waals surface area contributed by atoms with Gasteiger partial charge in [-0.15, -0.1) is 0 Å². The Kier molecular flexibility index (Phi) is 5.83. The van der Waals surface area contributed by atoms with Crippen molar-refractivity contribution in [1.29, 1.82) is 0 Å². The summed E-state index contributed by atoms with van der Waals surface area (Å²) in [4.78, 5) is 43.8. The Labute approximate surface area is 231 Å². The number of amides is 1. The third kappa shape index (κ3) is 3.66. The molecule has 3 N–H and O–H groups in total. The number of halogens is 4. The molecule has 12 heteroatoms. The number of nitrogens with zero attached hydrogens (tertiary/aromatic N) is 2. The number of fused-ring (bicyclic) bond motifs is 5. The SMILES string of the molecule is CC[C@@]1(O)C(=O)CCc2c1cc1n(c2=O)Cc2c-1nc1cc(F)c(C)c3c1c2[C@@H](NC(=O)[C@](C)(O)C(F)(F)F)CC3. The second-order valence-electron chi connectivity index (χ2n) is 11.3. The summed E-state index contributed by atoms with van der Waals surface area (Å²) in [7, 11) is 0. The summed E-state index contributed by atoms with van der Waals surface area (Å²) in [6.07, 6.45) is -4.68. The number of benzene rings is 1. The molecule has 0 fully saturated rings. The Morgan fingerprint density at radius 1 is 1.17 bits per heavy atom. The summed E-state index contributed by atoms with van der Waals surface area (Å²) in [5.41, 5.74) is -2.89. The Hall–Kier alpha value is -3.64. The van der Waals surface area contributed by atoms with Crippen LogP contribution >= 0.6 is 0 Å². The first kappa shape index (κ1) is 27.5. The molecule has 8 nitrogen and oxygen atoms in total. The van der Waals surface area contributed by atoms with E-state index in [1.807, 2.05) is 0 Å². The molecule has 41 heavy (non-hydrogen) atoms. The number of aliphatic hydroxyl groups is 2. The van der Waals surface area contributed by atoms with Crippen LogP contribution in [0.1, 0.15) is 72.5 Å². The van der Waals surface area contributed by atoms with Crippen LogP contribution in [0.2, 0.25) is 0 Å². The molecule has 3 atom stereocenters. The van der Waals surface area contributed by atoms with Gasteiger partial charge in [-0.2, -0.15) is 13.2 Å². The maximum Gasteiger partial charge on any atom is 0.426 e. The van der Waals surface area contributed by atoms with Crippen molar-refractivity contribution in [2.75, 3.05) is 0 Å². The summed E-state index contributed by atoms with van der Waals surface area (Å²) in [5, 5.41) is 24.1. The fraction of sp³-hybridized carbons (Fsp3) is 0.448. The van der Waals surface area contributed by atoms with Gasteiger partial charge in [0.25, 0.3) is 11.5 Å². The second-order valence-corrected chi connectivity index (χ2v) is 11.3. The Morgan fingerprint density at radius 3 is 2.54 bits per heavy atom. The Bertz CT molecular complexity index is 1760. The van der Waals surface area contributed by atoms with Crippen LogP contribution in [-0.4, -0.2) is 43.2 Å². The van der Waals surface area contributed by atoms with E-state index >= 15 is 0 Å². The molecule has 3 aromatic rings. The highest BCUT2D eigenvalue weighted by molar-refractivity contribution is 5.95. The van der Waals surface area contributed by atoms with E-state index < -0.39 is 46.5 Å². The number of aryl methyl sites for hydroxylation is 1. The number of hydrogen-bond donors (Lipinski definition) is 3. The van der Waals surface area contributed by atoms with Gasteiger partial charge in [0.05, 0.1) is 29.5 Å². The molecule has 216 valence electrons. The number of Topliss-reactive ketones (excluding diaryl/α,β-unsaturated/α-hetero) is 1. The van der Waals surface area contributed by atoms with Crippen molar-refractivity contribution in [3.8, 4) is 11.4 Å². The minimum atomic E-state index is -5.23. The van der Waals surface area contributed by atoms with Crippen LogP contribution in [0.5, 0.6) is 0 Å². The van der Waals surface area contributed by atoms with Gasteiger partial charge in [0.1, 0.15) is 11.4 Å². The molecule has 1 amide bonds. The summed E-state index contributed by atoms with van der Waals surface area (Å²) >= 11 is 0. The largest absolute Gasteiger partial charge is 0.426 e. The van der Waals surface area contributed by atoms with Gasteiger partial charge in [0.2, 0.25) is 5.60 Å². The van der Waals surface area contributed by atoms with Gasteiger partial charge < -0.3 is 20.1 Å². The zero-order valence-corrected chi connectivity index (χ0v) is 22.5. The fourth-order valence-corrected chi connectivity index (χ4v) is 6.51. The second kappa shape index (κ2) is 8.68. The summed E-state index contributed by atoms with van der Waals surface area (Å²) < 4.78 is 56.8. The predicted molar refractivity (Wildman–Crippen MR) is 139 cm³/mol. The summed E-state index contributed by atoms with van der Waals surface area (Å²) in [6.45, 7) is 3.58. The molecular weight excluding hydrogens is 546 g/mol. The van der Waals surface area contributed by atoms with E-state index in [1.165, 1.54) is 10.6 Å². The number of carbonyl (C=O) groups is 2. The third-order valence-electron chi connectivity index (χ3n) is 9.06. The van der Waals surface area contributed by atoms with Crippen LogP contribution in [0.3, 0.4) is 0 Å². The van der Waals surface area contributed by atoms with Gasteiger partial charge in [0.15, 0.2) is 5.78 Å². The normalized spacial score (nSPS) is 22.7. The highest BCUT2D eigenvalue weighted by Gasteiger charge is 2.56. The van der Waals surface area contributed by atoms with Gasteiger partial charge in [-0.25, -0.2) is 9.37 Å². The zero-order chi connectivity index (χ0) is 29.8. The molecule has 0 saturated carbocycles. The van der Waals surface area contributed by atoms with Gasteiger partial charge in [-0.3, -0.25) is 14.4 Å². The van der Waals surface area contributed by atoms with Crippen LogP contribution in [0.25, 0.3) is 22.3 Å². The molecule has 0 unspecified atom stereocenters. The van der Waals surface area contributed by atoms with Crippen molar-refractivity contribution >= 4 is 22.6 Å². The van der Waals surface area contributed by atoms with Crippen LogP contribution in [0, 0.1) is 12.7 Å². The lowest BCUT2D eigenvalue weighted by Gasteiger charge is -2.32. The minimum Gasteiger partial charge on any atom is -0.377 e. The molecule has 6 rings (SSSR count). The monoisotopic (exact) mass is 573 g/mol. The maximum absolute atomic E-state index is 15.0. The number of pyridine rings is 2. The van der Waals surface area contributed by atoms with E-state index in [9.17, 15) is 42.2 Å². The average molecular weight is 574 g/mol. The topological polar surface area (TPSA) is 122 Å². The predicted octanol–water partition coefficient (Wildman–Crippen LogP) is 3.40. The number of nitrogens with one attached hydrogen (secondary N) is 1. The lowest BCUT2D eigenvalue weighted by molar-refractivity contribution is -0.245. The maximum atomic E-state index is 15.0. The van der Waals surface area contributed by atoms with Gasteiger partial charge in [0, 0.05) is 34.6 Å². The molecule has 0 saturated heterocycles. The molecule has 3 heterocycles. The van der Waals surface area contributed by atoms with E-state index in [0.29, 0.717) is 40.1 Å².